The molecule has 2 aromatic rings. The Labute approximate surface area is 98.3 Å². The lowest BCUT2D eigenvalue weighted by Gasteiger charge is -2.07. The predicted molar refractivity (Wildman–Crippen MR) is 67.6 cm³/mol. The van der Waals surface area contributed by atoms with E-state index in [1.165, 1.54) is 11.3 Å². The minimum atomic E-state index is 0.783. The molecule has 5 nitrogen and oxygen atoms in total. The Morgan fingerprint density at radius 1 is 1.44 bits per heavy atom. The lowest BCUT2D eigenvalue weighted by molar-refractivity contribution is 0.771. The average molecular weight is 237 g/mol. The number of nitrogens with zero attached hydrogens (tertiary/aromatic N) is 3. The summed E-state index contributed by atoms with van der Waals surface area (Å²) in [6.07, 6.45) is 0. The highest BCUT2D eigenvalue weighted by Gasteiger charge is 2.14. The molecule has 0 amide bonds. The highest BCUT2D eigenvalue weighted by molar-refractivity contribution is 7.14. The Hall–Kier alpha value is -1.56. The molecule has 0 atom stereocenters. The minimum Gasteiger partial charge on any atom is -0.390 e. The van der Waals surface area contributed by atoms with Crippen LogP contribution in [-0.2, 0) is 6.54 Å². The fraction of sp³-hybridized carbons (Fsp3) is 0.400. The highest BCUT2D eigenvalue weighted by atomic mass is 32.1. The van der Waals surface area contributed by atoms with Crippen molar-refractivity contribution in [1.82, 2.24) is 14.8 Å². The normalized spacial score (nSPS) is 10.6. The topological polar surface area (TPSA) is 68.8 Å². The van der Waals surface area contributed by atoms with E-state index in [-0.39, 0.29) is 0 Å². The smallest absolute Gasteiger partial charge is 0.224 e. The number of anilines is 2. The molecule has 6 heteroatoms. The second-order valence-electron chi connectivity index (χ2n) is 3.32. The Bertz CT molecular complexity index is 473. The highest BCUT2D eigenvalue weighted by Crippen LogP contribution is 2.30. The van der Waals surface area contributed by atoms with Crippen molar-refractivity contribution in [2.75, 3.05) is 17.6 Å². The van der Waals surface area contributed by atoms with Crippen LogP contribution in [-0.4, -0.2) is 21.3 Å². The molecule has 2 aromatic heterocycles. The van der Waals surface area contributed by atoms with Gasteiger partial charge >= 0.3 is 0 Å². The largest absolute Gasteiger partial charge is 0.390 e. The molecule has 0 saturated carbocycles. The van der Waals surface area contributed by atoms with E-state index < -0.39 is 0 Å². The number of rotatable bonds is 4. The predicted octanol–water partition coefficient (Wildman–Crippen LogP) is 2.04. The lowest BCUT2D eigenvalue weighted by Crippen LogP contribution is -2.07. The van der Waals surface area contributed by atoms with E-state index in [0.29, 0.717) is 0 Å². The van der Waals surface area contributed by atoms with Crippen molar-refractivity contribution < 1.29 is 0 Å². The standard InChI is InChI=1S/C10H15N5S/c1-3-12-10-14-13-9(15(10)4-2)7-5-6-16-8(7)11/h5-6H,3-4,11H2,1-2H3,(H,12,14). The van der Waals surface area contributed by atoms with Gasteiger partial charge < -0.3 is 11.1 Å². The zero-order valence-electron chi connectivity index (χ0n) is 9.40. The van der Waals surface area contributed by atoms with Crippen molar-refractivity contribution in [2.24, 2.45) is 0 Å². The molecule has 0 fully saturated rings. The molecule has 0 bridgehead atoms. The summed E-state index contributed by atoms with van der Waals surface area (Å²) in [4.78, 5) is 0. The van der Waals surface area contributed by atoms with Crippen molar-refractivity contribution >= 4 is 22.3 Å². The van der Waals surface area contributed by atoms with Crippen molar-refractivity contribution in [3.05, 3.63) is 11.4 Å². The number of nitrogens with one attached hydrogen (secondary N) is 1. The molecule has 16 heavy (non-hydrogen) atoms. The first-order chi connectivity index (χ1) is 7.77. The van der Waals surface area contributed by atoms with Gasteiger partial charge in [-0.3, -0.25) is 4.57 Å². The molecule has 2 heterocycles. The average Bonchev–Trinajstić information content (AvgIpc) is 2.84. The van der Waals surface area contributed by atoms with Crippen molar-refractivity contribution in [1.29, 1.82) is 0 Å². The molecule has 0 aliphatic rings. The number of nitrogens with two attached hydrogens (primary N) is 1. The van der Waals surface area contributed by atoms with Gasteiger partial charge in [-0.25, -0.2) is 0 Å². The number of hydrogen-bond acceptors (Lipinski definition) is 5. The third kappa shape index (κ3) is 1.76. The quantitative estimate of drug-likeness (QED) is 0.853. The van der Waals surface area contributed by atoms with E-state index in [1.54, 1.807) is 0 Å². The molecule has 0 aromatic carbocycles. The summed E-state index contributed by atoms with van der Waals surface area (Å²) in [5.74, 6) is 1.63. The molecule has 0 spiro atoms. The van der Waals surface area contributed by atoms with Crippen LogP contribution in [0.5, 0.6) is 0 Å². The summed E-state index contributed by atoms with van der Waals surface area (Å²) in [6.45, 7) is 5.75. The number of aromatic nitrogens is 3. The molecule has 2 rings (SSSR count). The Balaban J connectivity index is 2.46. The van der Waals surface area contributed by atoms with Crippen LogP contribution in [0.3, 0.4) is 0 Å². The van der Waals surface area contributed by atoms with Crippen LogP contribution >= 0.6 is 11.3 Å². The lowest BCUT2D eigenvalue weighted by atomic mass is 10.3. The molecule has 3 N–H and O–H groups in total. The fourth-order valence-electron chi connectivity index (χ4n) is 1.60. The zero-order chi connectivity index (χ0) is 11.5. The number of nitrogen functional groups attached to an aromatic ring is 1. The van der Waals surface area contributed by atoms with Gasteiger partial charge in [0, 0.05) is 13.1 Å². The minimum absolute atomic E-state index is 0.783. The van der Waals surface area contributed by atoms with Gasteiger partial charge in [0.2, 0.25) is 5.95 Å². The maximum Gasteiger partial charge on any atom is 0.224 e. The van der Waals surface area contributed by atoms with Crippen molar-refractivity contribution in [2.45, 2.75) is 20.4 Å². The van der Waals surface area contributed by atoms with Crippen molar-refractivity contribution in [3.63, 3.8) is 0 Å². The zero-order valence-corrected chi connectivity index (χ0v) is 10.2. The summed E-state index contributed by atoms with van der Waals surface area (Å²) >= 11 is 1.52. The number of hydrogen-bond donors (Lipinski definition) is 2. The number of thiophene rings is 1. The fourth-order valence-corrected chi connectivity index (χ4v) is 2.23. The Morgan fingerprint density at radius 2 is 2.25 bits per heavy atom. The van der Waals surface area contributed by atoms with Gasteiger partial charge in [0.05, 0.1) is 10.6 Å². The molecule has 86 valence electrons. The van der Waals surface area contributed by atoms with Crippen LogP contribution in [0.2, 0.25) is 0 Å². The van der Waals surface area contributed by atoms with Crippen LogP contribution in [0.1, 0.15) is 13.8 Å². The van der Waals surface area contributed by atoms with Crippen LogP contribution in [0.4, 0.5) is 10.9 Å². The van der Waals surface area contributed by atoms with E-state index in [4.69, 9.17) is 5.73 Å². The summed E-state index contributed by atoms with van der Waals surface area (Å²) in [5.41, 5.74) is 6.86. The van der Waals surface area contributed by atoms with Gasteiger partial charge in [-0.2, -0.15) is 0 Å². The van der Waals surface area contributed by atoms with E-state index in [0.717, 1.165) is 35.4 Å². The van der Waals surface area contributed by atoms with Gasteiger partial charge in [-0.15, -0.1) is 21.5 Å². The molecule has 0 aliphatic carbocycles. The van der Waals surface area contributed by atoms with Crippen LogP contribution in [0.25, 0.3) is 11.4 Å². The second kappa shape index (κ2) is 4.52. The summed E-state index contributed by atoms with van der Waals surface area (Å²) < 4.78 is 2.03. The van der Waals surface area contributed by atoms with Gasteiger partial charge in [0.15, 0.2) is 5.82 Å². The first kappa shape index (κ1) is 10.9. The van der Waals surface area contributed by atoms with E-state index in [2.05, 4.69) is 22.4 Å². The van der Waals surface area contributed by atoms with Gasteiger partial charge in [-0.1, -0.05) is 0 Å². The van der Waals surface area contributed by atoms with Crippen LogP contribution < -0.4 is 11.1 Å². The van der Waals surface area contributed by atoms with Crippen LogP contribution in [0, 0.1) is 0 Å². The summed E-state index contributed by atoms with van der Waals surface area (Å²) in [6, 6.07) is 1.98. The van der Waals surface area contributed by atoms with Gasteiger partial charge in [0.1, 0.15) is 0 Å². The van der Waals surface area contributed by atoms with Crippen LogP contribution in [0.15, 0.2) is 11.4 Å². The van der Waals surface area contributed by atoms with Gasteiger partial charge in [0.25, 0.3) is 0 Å². The first-order valence-electron chi connectivity index (χ1n) is 5.28. The molecule has 0 radical (unpaired) electrons. The van der Waals surface area contributed by atoms with E-state index in [9.17, 15) is 0 Å². The Kier molecular flexibility index (Phi) is 3.09. The SMILES string of the molecule is CCNc1nnc(-c2ccsc2N)n1CC. The molecular weight excluding hydrogens is 222 g/mol. The van der Waals surface area contributed by atoms with E-state index in [1.807, 2.05) is 22.9 Å². The summed E-state index contributed by atoms with van der Waals surface area (Å²) in [7, 11) is 0. The van der Waals surface area contributed by atoms with Crippen molar-refractivity contribution in [3.8, 4) is 11.4 Å². The molecule has 0 aliphatic heterocycles. The second-order valence-corrected chi connectivity index (χ2v) is 4.27. The third-order valence-corrected chi connectivity index (χ3v) is 3.08. The molecule has 0 saturated heterocycles. The maximum absolute atomic E-state index is 5.90. The Morgan fingerprint density at radius 3 is 2.81 bits per heavy atom. The van der Waals surface area contributed by atoms with E-state index >= 15 is 0 Å². The maximum atomic E-state index is 5.90. The first-order valence-corrected chi connectivity index (χ1v) is 6.16. The molecular formula is C10H15N5S. The molecule has 0 unspecified atom stereocenters. The van der Waals surface area contributed by atoms with Gasteiger partial charge in [-0.05, 0) is 25.3 Å². The summed E-state index contributed by atoms with van der Waals surface area (Å²) in [5, 5.41) is 14.2. The monoisotopic (exact) mass is 237 g/mol. The third-order valence-electron chi connectivity index (χ3n) is 2.34.